The first-order chi connectivity index (χ1) is 12.2. The van der Waals surface area contributed by atoms with Crippen molar-refractivity contribution in [2.24, 2.45) is 5.92 Å². The van der Waals surface area contributed by atoms with Crippen molar-refractivity contribution < 1.29 is 4.79 Å². The third kappa shape index (κ3) is 4.72. The quantitative estimate of drug-likeness (QED) is 0.668. The summed E-state index contributed by atoms with van der Waals surface area (Å²) in [5.74, 6) is 0.632. The Morgan fingerprint density at radius 1 is 1.16 bits per heavy atom. The molecule has 1 atom stereocenters. The highest BCUT2D eigenvalue weighted by Gasteiger charge is 2.24. The summed E-state index contributed by atoms with van der Waals surface area (Å²) >= 11 is 0. The number of aryl methyl sites for hydroxylation is 1. The van der Waals surface area contributed by atoms with Crippen LogP contribution in [0.15, 0.2) is 53.6 Å². The van der Waals surface area contributed by atoms with Crippen LogP contribution in [0.3, 0.4) is 0 Å². The van der Waals surface area contributed by atoms with E-state index in [-0.39, 0.29) is 5.91 Å². The first-order valence-electron chi connectivity index (χ1n) is 9.58. The zero-order valence-electron chi connectivity index (χ0n) is 15.5. The molecule has 1 saturated carbocycles. The van der Waals surface area contributed by atoms with E-state index in [1.54, 1.807) is 11.6 Å². The number of benzene rings is 1. The molecule has 0 spiro atoms. The normalized spacial score (nSPS) is 20.0. The summed E-state index contributed by atoms with van der Waals surface area (Å²) in [7, 11) is 0. The molecular formula is C23H29NO. The van der Waals surface area contributed by atoms with E-state index in [1.165, 1.54) is 36.8 Å². The molecule has 2 bridgehead atoms. The lowest BCUT2D eigenvalue weighted by atomic mass is 9.80. The number of allylic oxidation sites excluding steroid dienone is 3. The van der Waals surface area contributed by atoms with E-state index in [4.69, 9.17) is 0 Å². The third-order valence-electron chi connectivity index (χ3n) is 5.41. The fraction of sp³-hybridized carbons (Fsp3) is 0.435. The molecular weight excluding hydrogens is 306 g/mol. The second kappa shape index (κ2) is 8.33. The summed E-state index contributed by atoms with van der Waals surface area (Å²) in [5.41, 5.74) is 5.41. The largest absolute Gasteiger partial charge is 0.339 e. The van der Waals surface area contributed by atoms with Gasteiger partial charge in [-0.25, -0.2) is 0 Å². The molecule has 2 heteroatoms. The van der Waals surface area contributed by atoms with Gasteiger partial charge in [0, 0.05) is 25.1 Å². The van der Waals surface area contributed by atoms with E-state index in [1.807, 2.05) is 11.0 Å². The van der Waals surface area contributed by atoms with Gasteiger partial charge in [-0.2, -0.15) is 0 Å². The zero-order valence-corrected chi connectivity index (χ0v) is 15.5. The SMILES string of the molecule is CCN(CC1CC2=CC=C1CCCC2)C(=O)/C=C/c1ccc(C)cc1. The Kier molecular flexibility index (Phi) is 5.91. The Labute approximate surface area is 151 Å². The van der Waals surface area contributed by atoms with Gasteiger partial charge in [-0.3, -0.25) is 4.79 Å². The lowest BCUT2D eigenvalue weighted by Gasteiger charge is -2.32. The van der Waals surface area contributed by atoms with Crippen LogP contribution in [0.2, 0.25) is 0 Å². The van der Waals surface area contributed by atoms with Gasteiger partial charge < -0.3 is 4.90 Å². The van der Waals surface area contributed by atoms with E-state index in [2.05, 4.69) is 50.3 Å². The molecule has 1 aromatic carbocycles. The van der Waals surface area contributed by atoms with Gasteiger partial charge in [0.2, 0.25) is 5.91 Å². The zero-order chi connectivity index (χ0) is 17.6. The molecule has 0 heterocycles. The van der Waals surface area contributed by atoms with E-state index in [0.29, 0.717) is 5.92 Å². The maximum atomic E-state index is 12.7. The number of amides is 1. The van der Waals surface area contributed by atoms with Gasteiger partial charge >= 0.3 is 0 Å². The van der Waals surface area contributed by atoms with Gasteiger partial charge in [-0.1, -0.05) is 53.1 Å². The molecule has 0 N–H and O–H groups in total. The molecule has 0 saturated heterocycles. The number of likely N-dealkylation sites (N-methyl/N-ethyl adjacent to an activating group) is 1. The fourth-order valence-electron chi connectivity index (χ4n) is 3.80. The third-order valence-corrected chi connectivity index (χ3v) is 5.41. The van der Waals surface area contributed by atoms with Crippen LogP contribution >= 0.6 is 0 Å². The highest BCUT2D eigenvalue weighted by Crippen LogP contribution is 2.34. The van der Waals surface area contributed by atoms with Crippen molar-refractivity contribution in [3.05, 3.63) is 64.8 Å². The van der Waals surface area contributed by atoms with E-state index >= 15 is 0 Å². The lowest BCUT2D eigenvalue weighted by molar-refractivity contribution is -0.126. The van der Waals surface area contributed by atoms with Gasteiger partial charge in [0.15, 0.2) is 0 Å². The monoisotopic (exact) mass is 335 g/mol. The van der Waals surface area contributed by atoms with Crippen molar-refractivity contribution in [2.75, 3.05) is 13.1 Å². The van der Waals surface area contributed by atoms with Crippen molar-refractivity contribution in [2.45, 2.75) is 46.0 Å². The molecule has 3 aliphatic carbocycles. The average Bonchev–Trinajstić information content (AvgIpc) is 2.59. The number of hydrogen-bond donors (Lipinski definition) is 0. The van der Waals surface area contributed by atoms with Crippen LogP contribution < -0.4 is 0 Å². The maximum Gasteiger partial charge on any atom is 0.246 e. The van der Waals surface area contributed by atoms with E-state index in [9.17, 15) is 4.79 Å². The minimum absolute atomic E-state index is 0.121. The predicted octanol–water partition coefficient (Wildman–Crippen LogP) is 5.30. The molecule has 1 amide bonds. The molecule has 0 aromatic heterocycles. The number of rotatable bonds is 5. The standard InChI is InChI=1S/C23H29NO/c1-3-24(23(25)15-13-19-10-8-18(2)9-11-19)17-22-16-20-6-4-5-7-21(22)14-12-20/h8-15,22H,3-7,16-17H2,1-2H3/b15-13+. The average molecular weight is 335 g/mol. The Bertz CT molecular complexity index is 693. The summed E-state index contributed by atoms with van der Waals surface area (Å²) in [6, 6.07) is 8.27. The van der Waals surface area contributed by atoms with Crippen molar-refractivity contribution in [1.29, 1.82) is 0 Å². The van der Waals surface area contributed by atoms with Crippen LogP contribution in [-0.4, -0.2) is 23.9 Å². The van der Waals surface area contributed by atoms with Crippen molar-refractivity contribution >= 4 is 12.0 Å². The maximum absolute atomic E-state index is 12.7. The van der Waals surface area contributed by atoms with Crippen LogP contribution in [-0.2, 0) is 4.79 Å². The van der Waals surface area contributed by atoms with Gasteiger partial charge in [-0.15, -0.1) is 0 Å². The molecule has 132 valence electrons. The van der Waals surface area contributed by atoms with Crippen LogP contribution in [0.25, 0.3) is 6.08 Å². The van der Waals surface area contributed by atoms with Gasteiger partial charge in [0.25, 0.3) is 0 Å². The molecule has 1 aromatic rings. The van der Waals surface area contributed by atoms with Crippen molar-refractivity contribution in [3.8, 4) is 0 Å². The van der Waals surface area contributed by atoms with E-state index in [0.717, 1.165) is 25.1 Å². The summed E-state index contributed by atoms with van der Waals surface area (Å²) < 4.78 is 0. The summed E-state index contributed by atoms with van der Waals surface area (Å²) in [4.78, 5) is 14.6. The second-order valence-corrected chi connectivity index (χ2v) is 7.30. The topological polar surface area (TPSA) is 20.3 Å². The van der Waals surface area contributed by atoms with Crippen LogP contribution in [0.4, 0.5) is 0 Å². The molecule has 3 aliphatic rings. The smallest absolute Gasteiger partial charge is 0.246 e. The number of nitrogens with zero attached hydrogens (tertiary/aromatic N) is 1. The van der Waals surface area contributed by atoms with E-state index < -0.39 is 0 Å². The number of carbonyl (C=O) groups is 1. The fourth-order valence-corrected chi connectivity index (χ4v) is 3.80. The highest BCUT2D eigenvalue weighted by atomic mass is 16.2. The molecule has 25 heavy (non-hydrogen) atoms. The Balaban J connectivity index is 1.64. The Hall–Kier alpha value is -2.09. The van der Waals surface area contributed by atoms with Crippen LogP contribution in [0.5, 0.6) is 0 Å². The van der Waals surface area contributed by atoms with Crippen molar-refractivity contribution in [1.82, 2.24) is 4.90 Å². The first kappa shape index (κ1) is 17.7. The van der Waals surface area contributed by atoms with Gasteiger partial charge in [0.1, 0.15) is 0 Å². The van der Waals surface area contributed by atoms with Crippen molar-refractivity contribution in [3.63, 3.8) is 0 Å². The molecule has 1 unspecified atom stereocenters. The highest BCUT2D eigenvalue weighted by molar-refractivity contribution is 5.91. The Morgan fingerprint density at radius 3 is 2.68 bits per heavy atom. The summed E-state index contributed by atoms with van der Waals surface area (Å²) in [5, 5.41) is 0. The van der Waals surface area contributed by atoms with Crippen LogP contribution in [0.1, 0.15) is 50.2 Å². The molecule has 0 radical (unpaired) electrons. The minimum Gasteiger partial charge on any atom is -0.339 e. The lowest BCUT2D eigenvalue weighted by Crippen LogP contribution is -2.35. The summed E-state index contributed by atoms with van der Waals surface area (Å²) in [6.45, 7) is 5.76. The first-order valence-corrected chi connectivity index (χ1v) is 9.58. The minimum atomic E-state index is 0.121. The van der Waals surface area contributed by atoms with Gasteiger partial charge in [0.05, 0.1) is 0 Å². The Morgan fingerprint density at radius 2 is 1.92 bits per heavy atom. The molecule has 1 fully saturated rings. The predicted molar refractivity (Wildman–Crippen MR) is 105 cm³/mol. The number of hydrogen-bond acceptors (Lipinski definition) is 1. The number of carbonyl (C=O) groups excluding carboxylic acids is 1. The number of fused-ring (bicyclic) bond motifs is 5. The van der Waals surface area contributed by atoms with Gasteiger partial charge in [-0.05, 0) is 57.6 Å². The molecule has 4 rings (SSSR count). The molecule has 0 aliphatic heterocycles. The molecule has 2 nitrogen and oxygen atoms in total. The van der Waals surface area contributed by atoms with Crippen LogP contribution in [0, 0.1) is 12.8 Å². The second-order valence-electron chi connectivity index (χ2n) is 7.30. The summed E-state index contributed by atoms with van der Waals surface area (Å²) in [6.07, 6.45) is 14.5.